The van der Waals surface area contributed by atoms with E-state index in [2.05, 4.69) is 15.0 Å². The number of hydrogen-bond donors (Lipinski definition) is 0. The Morgan fingerprint density at radius 3 is 2.65 bits per heavy atom. The molecule has 0 aliphatic rings. The molecule has 7 nitrogen and oxygen atoms in total. The molecular formula is C18H12ClN5O2. The van der Waals surface area contributed by atoms with E-state index in [1.807, 2.05) is 31.2 Å². The summed E-state index contributed by atoms with van der Waals surface area (Å²) in [6.07, 6.45) is 2.85. The molecule has 0 atom stereocenters. The Hall–Kier alpha value is -3.32. The predicted molar refractivity (Wildman–Crippen MR) is 98.5 cm³/mol. The van der Waals surface area contributed by atoms with Crippen molar-refractivity contribution < 1.29 is 4.92 Å². The van der Waals surface area contributed by atoms with Crippen molar-refractivity contribution in [2.45, 2.75) is 6.92 Å². The van der Waals surface area contributed by atoms with E-state index in [0.29, 0.717) is 22.4 Å². The van der Waals surface area contributed by atoms with Gasteiger partial charge >= 0.3 is 5.82 Å². The molecule has 8 heteroatoms. The zero-order valence-electron chi connectivity index (χ0n) is 13.6. The summed E-state index contributed by atoms with van der Waals surface area (Å²) in [4.78, 5) is 23.5. The van der Waals surface area contributed by atoms with E-state index < -0.39 is 4.92 Å². The summed E-state index contributed by atoms with van der Waals surface area (Å²) in [5.74, 6) is -0.227. The van der Waals surface area contributed by atoms with Gasteiger partial charge in [0.15, 0.2) is 5.65 Å². The quantitative estimate of drug-likeness (QED) is 0.398. The van der Waals surface area contributed by atoms with E-state index in [0.717, 1.165) is 11.3 Å². The average molecular weight is 366 g/mol. The Morgan fingerprint density at radius 1 is 1.15 bits per heavy atom. The van der Waals surface area contributed by atoms with Crippen LogP contribution in [0.4, 0.5) is 5.82 Å². The number of aryl methyl sites for hydroxylation is 1. The lowest BCUT2D eigenvalue weighted by atomic mass is 10.1. The van der Waals surface area contributed by atoms with Gasteiger partial charge in [0.05, 0.1) is 17.5 Å². The highest BCUT2D eigenvalue weighted by atomic mass is 35.5. The number of hydrogen-bond acceptors (Lipinski definition) is 5. The molecule has 0 radical (unpaired) electrons. The third-order valence-corrected chi connectivity index (χ3v) is 4.19. The minimum absolute atomic E-state index is 0.227. The van der Waals surface area contributed by atoms with Crippen molar-refractivity contribution in [3.8, 4) is 16.9 Å². The topological polar surface area (TPSA) is 86.7 Å². The van der Waals surface area contributed by atoms with Gasteiger partial charge < -0.3 is 10.1 Å². The lowest BCUT2D eigenvalue weighted by Crippen LogP contribution is -2.01. The number of nitro groups is 1. The monoisotopic (exact) mass is 365 g/mol. The Morgan fingerprint density at radius 2 is 1.92 bits per heavy atom. The van der Waals surface area contributed by atoms with Gasteiger partial charge in [0, 0.05) is 5.69 Å². The van der Waals surface area contributed by atoms with Crippen LogP contribution < -0.4 is 0 Å². The normalized spacial score (nSPS) is 11.0. The summed E-state index contributed by atoms with van der Waals surface area (Å²) in [5.41, 5.74) is 3.97. The highest BCUT2D eigenvalue weighted by Crippen LogP contribution is 2.34. The van der Waals surface area contributed by atoms with Gasteiger partial charge in [-0.15, -0.1) is 0 Å². The highest BCUT2D eigenvalue weighted by Gasteiger charge is 2.22. The van der Waals surface area contributed by atoms with Crippen molar-refractivity contribution in [1.29, 1.82) is 0 Å². The van der Waals surface area contributed by atoms with Gasteiger partial charge in [0.2, 0.25) is 0 Å². The van der Waals surface area contributed by atoms with Gasteiger partial charge in [-0.3, -0.25) is 4.57 Å². The number of halogens is 1. The molecular weight excluding hydrogens is 354 g/mol. The molecule has 0 N–H and O–H groups in total. The maximum absolute atomic E-state index is 11.4. The first-order chi connectivity index (χ1) is 12.5. The van der Waals surface area contributed by atoms with Crippen LogP contribution in [0.3, 0.4) is 0 Å². The summed E-state index contributed by atoms with van der Waals surface area (Å²) in [6, 6.07) is 12.8. The number of nitrogens with zero attached hydrogens (tertiary/aromatic N) is 5. The van der Waals surface area contributed by atoms with Crippen molar-refractivity contribution in [1.82, 2.24) is 19.5 Å². The molecule has 4 rings (SSSR count). The van der Waals surface area contributed by atoms with E-state index in [-0.39, 0.29) is 11.0 Å². The maximum Gasteiger partial charge on any atom is 0.372 e. The highest BCUT2D eigenvalue weighted by molar-refractivity contribution is 6.29. The summed E-state index contributed by atoms with van der Waals surface area (Å²) < 4.78 is 1.80. The van der Waals surface area contributed by atoms with Gasteiger partial charge in [-0.2, -0.15) is 0 Å². The van der Waals surface area contributed by atoms with E-state index in [9.17, 15) is 10.1 Å². The molecule has 3 heterocycles. The molecule has 1 aromatic carbocycles. The number of aromatic nitrogens is 4. The molecule has 0 unspecified atom stereocenters. The summed E-state index contributed by atoms with van der Waals surface area (Å²) in [5, 5.41) is 11.7. The van der Waals surface area contributed by atoms with E-state index in [1.165, 1.54) is 12.4 Å². The molecule has 0 aliphatic carbocycles. The average Bonchev–Trinajstić information content (AvgIpc) is 3.01. The minimum Gasteiger partial charge on any atom is -0.358 e. The van der Waals surface area contributed by atoms with E-state index in [1.54, 1.807) is 22.8 Å². The van der Waals surface area contributed by atoms with Crippen LogP contribution in [0.25, 0.3) is 28.1 Å². The predicted octanol–water partition coefficient (Wildman–Crippen LogP) is 4.35. The SMILES string of the molecule is Cc1ccc(-n2c(-c3cccnc3[N+](=O)[O-])cc3ncc(Cl)nc32)cc1. The lowest BCUT2D eigenvalue weighted by Gasteiger charge is -2.11. The minimum atomic E-state index is -0.500. The molecule has 3 aromatic heterocycles. The standard InChI is InChI=1S/C18H12ClN5O2/c1-11-4-6-12(7-5-11)23-15(9-14-18(23)22-16(19)10-21-14)13-3-2-8-20-17(13)24(25)26/h2-10H,1H3. The Balaban J connectivity index is 2.09. The fourth-order valence-electron chi connectivity index (χ4n) is 2.84. The molecule has 0 amide bonds. The van der Waals surface area contributed by atoms with Gasteiger partial charge in [-0.25, -0.2) is 9.97 Å². The van der Waals surface area contributed by atoms with Crippen LogP contribution >= 0.6 is 11.6 Å². The molecule has 0 spiro atoms. The van der Waals surface area contributed by atoms with Crippen molar-refractivity contribution >= 4 is 28.6 Å². The fourth-order valence-corrected chi connectivity index (χ4v) is 2.97. The molecule has 0 saturated carbocycles. The van der Waals surface area contributed by atoms with Crippen LogP contribution in [0, 0.1) is 17.0 Å². The number of pyridine rings is 1. The second kappa shape index (κ2) is 6.20. The molecule has 26 heavy (non-hydrogen) atoms. The summed E-state index contributed by atoms with van der Waals surface area (Å²) in [6.45, 7) is 1.99. The van der Waals surface area contributed by atoms with Crippen LogP contribution in [-0.4, -0.2) is 24.4 Å². The van der Waals surface area contributed by atoms with Gasteiger partial charge in [-0.05, 0) is 47.2 Å². The van der Waals surface area contributed by atoms with Crippen LogP contribution in [0.2, 0.25) is 5.15 Å². The van der Waals surface area contributed by atoms with Gasteiger partial charge in [-0.1, -0.05) is 29.3 Å². The smallest absolute Gasteiger partial charge is 0.358 e. The van der Waals surface area contributed by atoms with Crippen LogP contribution in [0.15, 0.2) is 54.9 Å². The van der Waals surface area contributed by atoms with Gasteiger partial charge in [0.25, 0.3) is 0 Å². The molecule has 128 valence electrons. The van der Waals surface area contributed by atoms with Crippen LogP contribution in [-0.2, 0) is 0 Å². The zero-order valence-corrected chi connectivity index (χ0v) is 14.4. The summed E-state index contributed by atoms with van der Waals surface area (Å²) in [7, 11) is 0. The first-order valence-electron chi connectivity index (χ1n) is 7.75. The fraction of sp³-hybridized carbons (Fsp3) is 0.0556. The van der Waals surface area contributed by atoms with Crippen LogP contribution in [0.1, 0.15) is 5.56 Å². The zero-order chi connectivity index (χ0) is 18.3. The Kier molecular flexibility index (Phi) is 3.85. The first-order valence-corrected chi connectivity index (χ1v) is 8.13. The molecule has 4 aromatic rings. The van der Waals surface area contributed by atoms with Crippen molar-refractivity contribution in [3.05, 3.63) is 75.7 Å². The Labute approximate surface area is 153 Å². The number of rotatable bonds is 3. The van der Waals surface area contributed by atoms with Crippen molar-refractivity contribution in [2.24, 2.45) is 0 Å². The second-order valence-corrected chi connectivity index (χ2v) is 6.12. The second-order valence-electron chi connectivity index (χ2n) is 5.73. The van der Waals surface area contributed by atoms with Gasteiger partial charge in [0.1, 0.15) is 16.9 Å². The third-order valence-electron chi connectivity index (χ3n) is 4.01. The molecule has 0 aliphatic heterocycles. The first kappa shape index (κ1) is 16.2. The molecule has 0 fully saturated rings. The summed E-state index contributed by atoms with van der Waals surface area (Å²) >= 11 is 6.03. The van der Waals surface area contributed by atoms with Crippen molar-refractivity contribution in [2.75, 3.05) is 0 Å². The van der Waals surface area contributed by atoms with Crippen molar-refractivity contribution in [3.63, 3.8) is 0 Å². The number of benzene rings is 1. The number of fused-ring (bicyclic) bond motifs is 1. The largest absolute Gasteiger partial charge is 0.372 e. The molecule has 0 bridgehead atoms. The Bertz CT molecular complexity index is 1140. The van der Waals surface area contributed by atoms with Crippen LogP contribution in [0.5, 0.6) is 0 Å². The lowest BCUT2D eigenvalue weighted by molar-refractivity contribution is -0.388. The third kappa shape index (κ3) is 2.68. The van der Waals surface area contributed by atoms with E-state index in [4.69, 9.17) is 11.6 Å². The molecule has 0 saturated heterocycles. The maximum atomic E-state index is 11.4. The van der Waals surface area contributed by atoms with E-state index >= 15 is 0 Å².